The average molecular weight is 412 g/mol. The lowest BCUT2D eigenvalue weighted by molar-refractivity contribution is -0.136. The Balaban J connectivity index is 1.49. The summed E-state index contributed by atoms with van der Waals surface area (Å²) in [5.74, 6) is 3.65. The highest BCUT2D eigenvalue weighted by Crippen LogP contribution is 2.38. The molecule has 0 atom stereocenters. The lowest BCUT2D eigenvalue weighted by atomic mass is 10.0. The van der Waals surface area contributed by atoms with E-state index >= 15 is 0 Å². The fourth-order valence-corrected chi connectivity index (χ4v) is 5.53. The second-order valence-corrected chi connectivity index (χ2v) is 9.68. The zero-order valence-electron chi connectivity index (χ0n) is 16.9. The zero-order valence-corrected chi connectivity index (χ0v) is 17.7. The first-order valence-electron chi connectivity index (χ1n) is 11.0. The standard InChI is InChI=1S/C23H29N3O2S/c27-22(18-8-4-5-9-18)26(19-10-11-19)16-20-21(17-6-2-1-3-7-17)24-28-23(20)25-12-14-29-15-13-25/h1-3,6-7,18-19H,4-5,8-16H2. The normalized spacial score (nSPS) is 20.2. The van der Waals surface area contributed by atoms with Crippen LogP contribution >= 0.6 is 11.8 Å². The fraction of sp³-hybridized carbons (Fsp3) is 0.565. The molecule has 0 spiro atoms. The molecular formula is C23H29N3O2S. The van der Waals surface area contributed by atoms with Gasteiger partial charge in [0.25, 0.3) is 0 Å². The van der Waals surface area contributed by atoms with Crippen LogP contribution in [-0.2, 0) is 11.3 Å². The van der Waals surface area contributed by atoms with Gasteiger partial charge in [-0.1, -0.05) is 48.3 Å². The van der Waals surface area contributed by atoms with E-state index in [4.69, 9.17) is 4.52 Å². The summed E-state index contributed by atoms with van der Waals surface area (Å²) < 4.78 is 5.92. The largest absolute Gasteiger partial charge is 0.339 e. The molecule has 29 heavy (non-hydrogen) atoms. The third-order valence-corrected chi connectivity index (χ3v) is 7.36. The summed E-state index contributed by atoms with van der Waals surface area (Å²) in [7, 11) is 0. The summed E-state index contributed by atoms with van der Waals surface area (Å²) in [6, 6.07) is 10.6. The molecule has 5 rings (SSSR count). The Morgan fingerprint density at radius 1 is 1.10 bits per heavy atom. The number of nitrogens with zero attached hydrogens (tertiary/aromatic N) is 3. The van der Waals surface area contributed by atoms with Crippen molar-refractivity contribution in [1.82, 2.24) is 10.1 Å². The van der Waals surface area contributed by atoms with Crippen molar-refractivity contribution in [2.75, 3.05) is 29.5 Å². The van der Waals surface area contributed by atoms with Gasteiger partial charge in [-0.05, 0) is 25.7 Å². The van der Waals surface area contributed by atoms with Crippen LogP contribution in [0, 0.1) is 5.92 Å². The quantitative estimate of drug-likeness (QED) is 0.697. The summed E-state index contributed by atoms with van der Waals surface area (Å²) in [6.45, 7) is 2.56. The Labute approximate surface area is 176 Å². The highest BCUT2D eigenvalue weighted by atomic mass is 32.2. The molecule has 154 valence electrons. The maximum Gasteiger partial charge on any atom is 0.232 e. The molecule has 1 aromatic carbocycles. The Bertz CT molecular complexity index is 837. The maximum absolute atomic E-state index is 13.3. The molecule has 1 amide bonds. The summed E-state index contributed by atoms with van der Waals surface area (Å²) in [6.07, 6.45) is 6.73. The number of aromatic nitrogens is 1. The number of benzene rings is 1. The molecule has 0 unspecified atom stereocenters. The van der Waals surface area contributed by atoms with Gasteiger partial charge in [0.05, 0.1) is 12.1 Å². The smallest absolute Gasteiger partial charge is 0.232 e. The molecule has 2 saturated carbocycles. The highest BCUT2D eigenvalue weighted by molar-refractivity contribution is 7.99. The maximum atomic E-state index is 13.3. The van der Waals surface area contributed by atoms with E-state index in [0.717, 1.165) is 73.0 Å². The van der Waals surface area contributed by atoms with Crippen molar-refractivity contribution in [2.24, 2.45) is 5.92 Å². The third-order valence-electron chi connectivity index (χ3n) is 6.42. The van der Waals surface area contributed by atoms with E-state index in [1.807, 2.05) is 30.0 Å². The van der Waals surface area contributed by atoms with Gasteiger partial charge in [-0.2, -0.15) is 11.8 Å². The van der Waals surface area contributed by atoms with Crippen LogP contribution in [0.2, 0.25) is 0 Å². The first kappa shape index (κ1) is 19.0. The van der Waals surface area contributed by atoms with Gasteiger partial charge in [0.1, 0.15) is 5.69 Å². The van der Waals surface area contributed by atoms with Crippen LogP contribution < -0.4 is 4.90 Å². The molecule has 1 saturated heterocycles. The molecule has 2 aromatic rings. The van der Waals surface area contributed by atoms with E-state index in [2.05, 4.69) is 27.1 Å². The summed E-state index contributed by atoms with van der Waals surface area (Å²) in [5.41, 5.74) is 3.04. The van der Waals surface area contributed by atoms with Crippen LogP contribution in [0.4, 0.5) is 5.88 Å². The predicted octanol–water partition coefficient (Wildman–Crippen LogP) is 4.58. The van der Waals surface area contributed by atoms with Gasteiger partial charge in [0, 0.05) is 42.1 Å². The molecule has 1 aromatic heterocycles. The number of hydrogen-bond donors (Lipinski definition) is 0. The first-order valence-corrected chi connectivity index (χ1v) is 12.1. The molecule has 1 aliphatic heterocycles. The number of thioether (sulfide) groups is 1. The van der Waals surface area contributed by atoms with Gasteiger partial charge < -0.3 is 14.3 Å². The molecule has 0 N–H and O–H groups in total. The molecule has 0 bridgehead atoms. The van der Waals surface area contributed by atoms with Gasteiger partial charge in [-0.15, -0.1) is 0 Å². The van der Waals surface area contributed by atoms with E-state index < -0.39 is 0 Å². The second kappa shape index (κ2) is 8.42. The first-order chi connectivity index (χ1) is 14.3. The van der Waals surface area contributed by atoms with Gasteiger partial charge in [-0.3, -0.25) is 4.79 Å². The molecule has 6 heteroatoms. The fourth-order valence-electron chi connectivity index (χ4n) is 4.63. The second-order valence-electron chi connectivity index (χ2n) is 8.46. The van der Waals surface area contributed by atoms with E-state index in [0.29, 0.717) is 18.5 Å². The molecule has 3 fully saturated rings. The van der Waals surface area contributed by atoms with Crippen molar-refractivity contribution in [3.05, 3.63) is 35.9 Å². The van der Waals surface area contributed by atoms with Crippen LogP contribution in [0.5, 0.6) is 0 Å². The van der Waals surface area contributed by atoms with Gasteiger partial charge in [0.2, 0.25) is 11.8 Å². The van der Waals surface area contributed by atoms with Crippen LogP contribution in [0.15, 0.2) is 34.9 Å². The number of carbonyl (C=O) groups is 1. The van der Waals surface area contributed by atoms with Crippen LogP contribution in [-0.4, -0.2) is 46.6 Å². The summed E-state index contributed by atoms with van der Waals surface area (Å²) in [4.78, 5) is 17.8. The van der Waals surface area contributed by atoms with Crippen molar-refractivity contribution in [3.8, 4) is 11.3 Å². The SMILES string of the molecule is O=C(C1CCCC1)N(Cc1c(-c2ccccc2)noc1N1CCSCC1)C1CC1. The Morgan fingerprint density at radius 3 is 2.52 bits per heavy atom. The lowest BCUT2D eigenvalue weighted by Gasteiger charge is -2.29. The van der Waals surface area contributed by atoms with Crippen LogP contribution in [0.3, 0.4) is 0 Å². The molecule has 2 aliphatic carbocycles. The minimum absolute atomic E-state index is 0.213. The van der Waals surface area contributed by atoms with Crippen molar-refractivity contribution >= 4 is 23.6 Å². The van der Waals surface area contributed by atoms with Gasteiger partial charge in [-0.25, -0.2) is 0 Å². The van der Waals surface area contributed by atoms with Crippen molar-refractivity contribution in [2.45, 2.75) is 51.1 Å². The van der Waals surface area contributed by atoms with Crippen molar-refractivity contribution < 1.29 is 9.32 Å². The predicted molar refractivity (Wildman–Crippen MR) is 117 cm³/mol. The highest BCUT2D eigenvalue weighted by Gasteiger charge is 2.38. The molecule has 3 aliphatic rings. The van der Waals surface area contributed by atoms with Crippen molar-refractivity contribution in [1.29, 1.82) is 0 Å². The number of carbonyl (C=O) groups excluding carboxylic acids is 1. The van der Waals surface area contributed by atoms with E-state index in [9.17, 15) is 4.79 Å². The molecule has 2 heterocycles. The van der Waals surface area contributed by atoms with E-state index in [-0.39, 0.29) is 5.92 Å². The minimum Gasteiger partial charge on any atom is -0.339 e. The summed E-state index contributed by atoms with van der Waals surface area (Å²) in [5, 5.41) is 4.49. The topological polar surface area (TPSA) is 49.6 Å². The minimum atomic E-state index is 0.213. The van der Waals surface area contributed by atoms with E-state index in [1.54, 1.807) is 0 Å². The van der Waals surface area contributed by atoms with Gasteiger partial charge in [0.15, 0.2) is 0 Å². The lowest BCUT2D eigenvalue weighted by Crippen LogP contribution is -2.38. The Morgan fingerprint density at radius 2 is 1.83 bits per heavy atom. The van der Waals surface area contributed by atoms with Crippen molar-refractivity contribution in [3.63, 3.8) is 0 Å². The van der Waals surface area contributed by atoms with Gasteiger partial charge >= 0.3 is 0 Å². The Hall–Kier alpha value is -1.95. The number of anilines is 1. The number of hydrogen-bond acceptors (Lipinski definition) is 5. The average Bonchev–Trinajstić information content (AvgIpc) is 3.29. The Kier molecular flexibility index (Phi) is 5.53. The van der Waals surface area contributed by atoms with Crippen LogP contribution in [0.25, 0.3) is 11.3 Å². The summed E-state index contributed by atoms with van der Waals surface area (Å²) >= 11 is 1.98. The molecular weight excluding hydrogens is 382 g/mol. The number of amides is 1. The number of rotatable bonds is 6. The zero-order chi connectivity index (χ0) is 19.6. The molecule has 0 radical (unpaired) electrons. The van der Waals surface area contributed by atoms with E-state index in [1.165, 1.54) is 12.8 Å². The molecule has 5 nitrogen and oxygen atoms in total. The third kappa shape index (κ3) is 4.04. The monoisotopic (exact) mass is 411 g/mol. The van der Waals surface area contributed by atoms with Crippen LogP contribution in [0.1, 0.15) is 44.1 Å².